The van der Waals surface area contributed by atoms with Crippen LogP contribution in [0.15, 0.2) is 6.07 Å². The van der Waals surface area contributed by atoms with E-state index < -0.39 is 12.0 Å². The molecule has 0 atom stereocenters. The quantitative estimate of drug-likeness (QED) is 0.891. The minimum atomic E-state index is -4.60. The third-order valence-corrected chi connectivity index (χ3v) is 2.27. The summed E-state index contributed by atoms with van der Waals surface area (Å²) in [6.07, 6.45) is -4.39. The molecule has 0 aromatic carbocycles. The number of nitriles is 1. The molecule has 0 unspecified atom stereocenters. The molecule has 1 rings (SSSR count). The van der Waals surface area contributed by atoms with Gasteiger partial charge in [0, 0.05) is 26.2 Å². The summed E-state index contributed by atoms with van der Waals surface area (Å²) < 4.78 is 38.0. The molecule has 1 aromatic heterocycles. The predicted molar refractivity (Wildman–Crippen MR) is 64.7 cm³/mol. The predicted octanol–water partition coefficient (Wildman–Crippen LogP) is 2.28. The number of aromatic nitrogens is 2. The molecular weight excluding hydrogens is 259 g/mol. The smallest absolute Gasteiger partial charge is 0.370 e. The molecule has 1 aromatic rings. The average Bonchev–Trinajstić information content (AvgIpc) is 2.35. The Labute approximate surface area is 109 Å². The maximum Gasteiger partial charge on any atom is 0.451 e. The average molecular weight is 273 g/mol. The fraction of sp³-hybridized carbons (Fsp3) is 0.545. The van der Waals surface area contributed by atoms with Crippen molar-refractivity contribution in [3.63, 3.8) is 0 Å². The first-order valence-electron chi connectivity index (χ1n) is 5.66. The van der Waals surface area contributed by atoms with Crippen molar-refractivity contribution in [3.05, 3.63) is 11.9 Å². The van der Waals surface area contributed by atoms with Gasteiger partial charge in [0.2, 0.25) is 5.82 Å². The Morgan fingerprint density at radius 3 is 2.63 bits per heavy atom. The van der Waals surface area contributed by atoms with Crippen LogP contribution in [-0.2, 0) is 6.18 Å². The Morgan fingerprint density at radius 1 is 1.42 bits per heavy atom. The summed E-state index contributed by atoms with van der Waals surface area (Å²) in [6, 6.07) is 3.36. The van der Waals surface area contributed by atoms with Gasteiger partial charge in [-0.2, -0.15) is 18.4 Å². The first-order valence-corrected chi connectivity index (χ1v) is 5.66. The molecule has 0 saturated carbocycles. The van der Waals surface area contributed by atoms with E-state index in [4.69, 9.17) is 5.26 Å². The van der Waals surface area contributed by atoms with Gasteiger partial charge in [0.15, 0.2) is 0 Å². The molecule has 1 N–H and O–H groups in total. The molecule has 104 valence electrons. The minimum Gasteiger partial charge on any atom is -0.370 e. The lowest BCUT2D eigenvalue weighted by molar-refractivity contribution is -0.144. The Hall–Kier alpha value is -2.04. The van der Waals surface area contributed by atoms with Crippen LogP contribution >= 0.6 is 0 Å². The first-order chi connectivity index (χ1) is 8.88. The zero-order valence-electron chi connectivity index (χ0n) is 10.6. The van der Waals surface area contributed by atoms with Crippen LogP contribution < -0.4 is 10.2 Å². The monoisotopic (exact) mass is 273 g/mol. The van der Waals surface area contributed by atoms with Gasteiger partial charge in [-0.1, -0.05) is 0 Å². The lowest BCUT2D eigenvalue weighted by Gasteiger charge is -2.19. The summed E-state index contributed by atoms with van der Waals surface area (Å²) in [5.74, 6) is -0.943. The Morgan fingerprint density at radius 2 is 2.11 bits per heavy atom. The summed E-state index contributed by atoms with van der Waals surface area (Å²) in [4.78, 5) is 8.39. The van der Waals surface area contributed by atoms with Gasteiger partial charge in [-0.3, -0.25) is 0 Å². The highest BCUT2D eigenvalue weighted by Crippen LogP contribution is 2.29. The van der Waals surface area contributed by atoms with E-state index in [2.05, 4.69) is 15.3 Å². The van der Waals surface area contributed by atoms with Crippen molar-refractivity contribution in [1.82, 2.24) is 9.97 Å². The van der Waals surface area contributed by atoms with Crippen molar-refractivity contribution < 1.29 is 13.2 Å². The number of halogens is 3. The molecule has 0 aliphatic rings. The third-order valence-electron chi connectivity index (χ3n) is 2.27. The second-order valence-electron chi connectivity index (χ2n) is 3.79. The second-order valence-corrected chi connectivity index (χ2v) is 3.79. The van der Waals surface area contributed by atoms with Gasteiger partial charge in [-0.25, -0.2) is 9.97 Å². The molecule has 5 nitrogen and oxygen atoms in total. The van der Waals surface area contributed by atoms with Crippen LogP contribution in [0.3, 0.4) is 0 Å². The SMILES string of the molecule is CCNc1cc(N(C)CCC#N)nc(C(F)(F)F)n1. The molecular formula is C11H14F3N5. The summed E-state index contributed by atoms with van der Waals surface area (Å²) in [7, 11) is 1.58. The van der Waals surface area contributed by atoms with Crippen LogP contribution in [0.25, 0.3) is 0 Å². The molecule has 0 spiro atoms. The molecule has 0 radical (unpaired) electrons. The van der Waals surface area contributed by atoms with Crippen LogP contribution in [0, 0.1) is 11.3 Å². The maximum atomic E-state index is 12.7. The number of nitrogens with zero attached hydrogens (tertiary/aromatic N) is 4. The van der Waals surface area contributed by atoms with Gasteiger partial charge in [-0.15, -0.1) is 0 Å². The van der Waals surface area contributed by atoms with Crippen LogP contribution in [-0.4, -0.2) is 30.1 Å². The summed E-state index contributed by atoms with van der Waals surface area (Å²) in [6.45, 7) is 2.51. The van der Waals surface area contributed by atoms with Crippen molar-refractivity contribution in [3.8, 4) is 6.07 Å². The molecule has 8 heteroatoms. The van der Waals surface area contributed by atoms with E-state index in [-0.39, 0.29) is 18.1 Å². The molecule has 0 saturated heterocycles. The van der Waals surface area contributed by atoms with E-state index in [1.54, 1.807) is 14.0 Å². The normalized spacial score (nSPS) is 10.9. The van der Waals surface area contributed by atoms with E-state index in [0.29, 0.717) is 13.1 Å². The largest absolute Gasteiger partial charge is 0.451 e. The molecule has 0 amide bonds. The molecule has 0 aliphatic heterocycles. The first kappa shape index (κ1) is 15.0. The lowest BCUT2D eigenvalue weighted by Crippen LogP contribution is -2.22. The zero-order chi connectivity index (χ0) is 14.5. The van der Waals surface area contributed by atoms with Crippen molar-refractivity contribution in [2.45, 2.75) is 19.5 Å². The van der Waals surface area contributed by atoms with Gasteiger partial charge in [0.25, 0.3) is 0 Å². The van der Waals surface area contributed by atoms with Gasteiger partial charge in [-0.05, 0) is 6.92 Å². The van der Waals surface area contributed by atoms with Crippen molar-refractivity contribution >= 4 is 11.6 Å². The number of hydrogen-bond acceptors (Lipinski definition) is 5. The van der Waals surface area contributed by atoms with Gasteiger partial charge >= 0.3 is 6.18 Å². The number of hydrogen-bond donors (Lipinski definition) is 1. The highest BCUT2D eigenvalue weighted by molar-refractivity contribution is 5.49. The van der Waals surface area contributed by atoms with Gasteiger partial charge in [0.05, 0.1) is 12.5 Å². The topological polar surface area (TPSA) is 64.8 Å². The van der Waals surface area contributed by atoms with Gasteiger partial charge in [0.1, 0.15) is 11.6 Å². The number of nitrogens with one attached hydrogen (secondary N) is 1. The van der Waals surface area contributed by atoms with Crippen LogP contribution in [0.4, 0.5) is 24.8 Å². The van der Waals surface area contributed by atoms with E-state index >= 15 is 0 Å². The van der Waals surface area contributed by atoms with E-state index in [1.807, 2.05) is 6.07 Å². The maximum absolute atomic E-state index is 12.7. The number of alkyl halides is 3. The standard InChI is InChI=1S/C11H14F3N5/c1-3-16-8-7-9(19(2)6-4-5-15)18-10(17-8)11(12,13)14/h7H,3-4,6H2,1-2H3,(H,16,17,18). The highest BCUT2D eigenvalue weighted by Gasteiger charge is 2.35. The summed E-state index contributed by atoms with van der Waals surface area (Å²) in [5.41, 5.74) is 0. The number of rotatable bonds is 5. The lowest BCUT2D eigenvalue weighted by atomic mass is 10.4. The van der Waals surface area contributed by atoms with Crippen LogP contribution in [0.2, 0.25) is 0 Å². The number of anilines is 2. The Balaban J connectivity index is 3.09. The van der Waals surface area contributed by atoms with Crippen molar-refractivity contribution in [1.29, 1.82) is 5.26 Å². The molecule has 0 aliphatic carbocycles. The second kappa shape index (κ2) is 6.22. The third kappa shape index (κ3) is 4.28. The molecule has 1 heterocycles. The Bertz CT molecular complexity index is 466. The van der Waals surface area contributed by atoms with Gasteiger partial charge < -0.3 is 10.2 Å². The van der Waals surface area contributed by atoms with E-state index in [1.165, 1.54) is 11.0 Å². The fourth-order valence-electron chi connectivity index (χ4n) is 1.36. The van der Waals surface area contributed by atoms with E-state index in [0.717, 1.165) is 0 Å². The van der Waals surface area contributed by atoms with Crippen LogP contribution in [0.1, 0.15) is 19.2 Å². The molecule has 19 heavy (non-hydrogen) atoms. The van der Waals surface area contributed by atoms with Crippen molar-refractivity contribution in [2.24, 2.45) is 0 Å². The molecule has 0 fully saturated rings. The fourth-order valence-corrected chi connectivity index (χ4v) is 1.36. The Kier molecular flexibility index (Phi) is 4.92. The summed E-state index contributed by atoms with van der Waals surface area (Å²) >= 11 is 0. The van der Waals surface area contributed by atoms with Crippen molar-refractivity contribution in [2.75, 3.05) is 30.4 Å². The zero-order valence-corrected chi connectivity index (χ0v) is 10.6. The summed E-state index contributed by atoms with van der Waals surface area (Å²) in [5, 5.41) is 11.2. The molecule has 0 bridgehead atoms. The van der Waals surface area contributed by atoms with E-state index in [9.17, 15) is 13.2 Å². The minimum absolute atomic E-state index is 0.114. The highest BCUT2D eigenvalue weighted by atomic mass is 19.4. The van der Waals surface area contributed by atoms with Crippen LogP contribution in [0.5, 0.6) is 0 Å².